The van der Waals surface area contributed by atoms with E-state index in [1.165, 1.54) is 0 Å². The number of likely N-dealkylation sites (tertiary alicyclic amines) is 1. The van der Waals surface area contributed by atoms with Gasteiger partial charge in [0.1, 0.15) is 0 Å². The molecule has 7 heteroatoms. The van der Waals surface area contributed by atoms with Crippen molar-refractivity contribution >= 4 is 12.0 Å². The van der Waals surface area contributed by atoms with Crippen LogP contribution in [0.4, 0.5) is 4.79 Å². The van der Waals surface area contributed by atoms with Gasteiger partial charge < -0.3 is 24.8 Å². The van der Waals surface area contributed by atoms with E-state index in [1.54, 1.807) is 4.90 Å². The molecule has 0 aromatic heterocycles. The molecule has 22 heavy (non-hydrogen) atoms. The van der Waals surface area contributed by atoms with E-state index >= 15 is 0 Å². The van der Waals surface area contributed by atoms with E-state index < -0.39 is 5.97 Å². The number of nitrogens with one attached hydrogen (secondary N) is 1. The van der Waals surface area contributed by atoms with Crippen LogP contribution in [0.25, 0.3) is 0 Å². The summed E-state index contributed by atoms with van der Waals surface area (Å²) in [5.41, 5.74) is 0.929. The minimum absolute atomic E-state index is 0.165. The number of amides is 2. The molecule has 0 radical (unpaired) electrons. The number of aliphatic carboxylic acids is 1. The number of carboxylic acids is 1. The molecule has 1 saturated heterocycles. The first kappa shape index (κ1) is 14.5. The quantitative estimate of drug-likeness (QED) is 0.882. The number of benzene rings is 1. The van der Waals surface area contributed by atoms with Gasteiger partial charge in [0.05, 0.1) is 5.92 Å². The Labute approximate surface area is 127 Å². The summed E-state index contributed by atoms with van der Waals surface area (Å²) in [6.07, 6.45) is 1.01. The number of hydrogen-bond acceptors (Lipinski definition) is 4. The van der Waals surface area contributed by atoms with Gasteiger partial charge in [0.25, 0.3) is 0 Å². The number of carbonyl (C=O) groups is 2. The molecule has 2 aliphatic rings. The Morgan fingerprint density at radius 2 is 1.95 bits per heavy atom. The van der Waals surface area contributed by atoms with Gasteiger partial charge in [-0.3, -0.25) is 4.79 Å². The van der Waals surface area contributed by atoms with Crippen molar-refractivity contribution in [1.82, 2.24) is 10.2 Å². The summed E-state index contributed by atoms with van der Waals surface area (Å²) in [4.78, 5) is 24.6. The summed E-state index contributed by atoms with van der Waals surface area (Å²) in [7, 11) is 0. The Morgan fingerprint density at radius 1 is 1.23 bits per heavy atom. The molecule has 0 saturated carbocycles. The molecule has 0 bridgehead atoms. The van der Waals surface area contributed by atoms with Crippen LogP contribution in [0.5, 0.6) is 11.5 Å². The van der Waals surface area contributed by atoms with E-state index in [0.29, 0.717) is 44.0 Å². The number of hydrogen-bond donors (Lipinski definition) is 2. The molecular weight excluding hydrogens is 288 g/mol. The number of carboxylic acid groups (broad SMARTS) is 1. The van der Waals surface area contributed by atoms with Crippen molar-refractivity contribution in [3.8, 4) is 11.5 Å². The van der Waals surface area contributed by atoms with E-state index in [-0.39, 0.29) is 18.7 Å². The minimum atomic E-state index is -0.777. The monoisotopic (exact) mass is 306 g/mol. The summed E-state index contributed by atoms with van der Waals surface area (Å²) >= 11 is 0. The Balaban J connectivity index is 1.49. The van der Waals surface area contributed by atoms with Gasteiger partial charge in [0.2, 0.25) is 6.79 Å². The van der Waals surface area contributed by atoms with Crippen LogP contribution in [0, 0.1) is 5.92 Å². The van der Waals surface area contributed by atoms with E-state index in [9.17, 15) is 9.59 Å². The number of urea groups is 1. The van der Waals surface area contributed by atoms with E-state index in [4.69, 9.17) is 14.6 Å². The lowest BCUT2D eigenvalue weighted by molar-refractivity contribution is -0.143. The third kappa shape index (κ3) is 3.08. The molecule has 0 aliphatic carbocycles. The second-order valence-corrected chi connectivity index (χ2v) is 5.45. The van der Waals surface area contributed by atoms with Crippen LogP contribution in [0.15, 0.2) is 18.2 Å². The third-order valence-electron chi connectivity index (χ3n) is 4.01. The summed E-state index contributed by atoms with van der Waals surface area (Å²) in [5, 5.41) is 11.8. The van der Waals surface area contributed by atoms with E-state index in [1.807, 2.05) is 18.2 Å². The number of nitrogens with zero attached hydrogens (tertiary/aromatic N) is 1. The van der Waals surface area contributed by atoms with Crippen LogP contribution < -0.4 is 14.8 Å². The zero-order valence-corrected chi connectivity index (χ0v) is 12.1. The van der Waals surface area contributed by atoms with Crippen molar-refractivity contribution in [2.75, 3.05) is 19.9 Å². The van der Waals surface area contributed by atoms with Crippen molar-refractivity contribution in [3.05, 3.63) is 23.8 Å². The van der Waals surface area contributed by atoms with Crippen molar-refractivity contribution in [2.24, 2.45) is 5.92 Å². The fourth-order valence-corrected chi connectivity index (χ4v) is 2.67. The van der Waals surface area contributed by atoms with Gasteiger partial charge in [-0.25, -0.2) is 4.79 Å². The molecule has 0 spiro atoms. The van der Waals surface area contributed by atoms with Gasteiger partial charge >= 0.3 is 12.0 Å². The van der Waals surface area contributed by atoms with Crippen LogP contribution in [0.1, 0.15) is 18.4 Å². The number of carbonyl (C=O) groups excluding carboxylic acids is 1. The van der Waals surface area contributed by atoms with Crippen LogP contribution in [-0.2, 0) is 11.3 Å². The van der Waals surface area contributed by atoms with Crippen molar-refractivity contribution in [2.45, 2.75) is 19.4 Å². The SMILES string of the molecule is O=C(O)C1CCN(C(=O)NCc2ccc3c(c2)OCO3)CC1. The Morgan fingerprint density at radius 3 is 2.68 bits per heavy atom. The summed E-state index contributed by atoms with van der Waals surface area (Å²) in [6.45, 7) is 1.58. The van der Waals surface area contributed by atoms with Crippen molar-refractivity contribution in [3.63, 3.8) is 0 Å². The van der Waals surface area contributed by atoms with Gasteiger partial charge in [0, 0.05) is 19.6 Å². The number of rotatable bonds is 3. The van der Waals surface area contributed by atoms with Gasteiger partial charge in [-0.1, -0.05) is 6.07 Å². The lowest BCUT2D eigenvalue weighted by Crippen LogP contribution is -2.45. The van der Waals surface area contributed by atoms with Gasteiger partial charge in [-0.15, -0.1) is 0 Å². The third-order valence-corrected chi connectivity index (χ3v) is 4.01. The summed E-state index contributed by atoms with van der Waals surface area (Å²) in [5.74, 6) is 0.290. The second-order valence-electron chi connectivity index (χ2n) is 5.45. The fraction of sp³-hybridized carbons (Fsp3) is 0.467. The van der Waals surface area contributed by atoms with Crippen LogP contribution in [0.3, 0.4) is 0 Å². The highest BCUT2D eigenvalue weighted by Crippen LogP contribution is 2.32. The normalized spacial score (nSPS) is 17.4. The van der Waals surface area contributed by atoms with E-state index in [2.05, 4.69) is 5.32 Å². The van der Waals surface area contributed by atoms with Crippen molar-refractivity contribution in [1.29, 1.82) is 0 Å². The zero-order chi connectivity index (χ0) is 15.5. The van der Waals surface area contributed by atoms with Crippen molar-refractivity contribution < 1.29 is 24.2 Å². The maximum Gasteiger partial charge on any atom is 0.317 e. The average molecular weight is 306 g/mol. The predicted molar refractivity (Wildman–Crippen MR) is 76.7 cm³/mol. The van der Waals surface area contributed by atoms with Gasteiger partial charge in [0.15, 0.2) is 11.5 Å². The number of piperidine rings is 1. The molecule has 0 atom stereocenters. The Bertz CT molecular complexity index is 581. The Kier molecular flexibility index (Phi) is 4.04. The van der Waals surface area contributed by atoms with Crippen LogP contribution >= 0.6 is 0 Å². The molecule has 2 heterocycles. The molecule has 7 nitrogen and oxygen atoms in total. The molecule has 2 N–H and O–H groups in total. The maximum atomic E-state index is 12.1. The lowest BCUT2D eigenvalue weighted by Gasteiger charge is -2.30. The molecule has 3 rings (SSSR count). The summed E-state index contributed by atoms with van der Waals surface area (Å²) in [6, 6.07) is 5.38. The van der Waals surface area contributed by atoms with Gasteiger partial charge in [-0.2, -0.15) is 0 Å². The molecular formula is C15H18N2O5. The van der Waals surface area contributed by atoms with Crippen LogP contribution in [0.2, 0.25) is 0 Å². The molecule has 2 amide bonds. The molecule has 2 aliphatic heterocycles. The summed E-state index contributed by atoms with van der Waals surface area (Å²) < 4.78 is 10.5. The molecule has 1 aromatic rings. The molecule has 1 fully saturated rings. The Hall–Kier alpha value is -2.44. The van der Waals surface area contributed by atoms with Gasteiger partial charge in [-0.05, 0) is 30.5 Å². The largest absolute Gasteiger partial charge is 0.481 e. The average Bonchev–Trinajstić information content (AvgIpc) is 3.00. The highest BCUT2D eigenvalue weighted by atomic mass is 16.7. The molecule has 118 valence electrons. The topological polar surface area (TPSA) is 88.1 Å². The molecule has 0 unspecified atom stereocenters. The predicted octanol–water partition coefficient (Wildman–Crippen LogP) is 1.42. The number of fused-ring (bicyclic) bond motifs is 1. The first-order chi connectivity index (χ1) is 10.6. The van der Waals surface area contributed by atoms with E-state index in [0.717, 1.165) is 5.56 Å². The second kappa shape index (κ2) is 6.13. The number of ether oxygens (including phenoxy) is 2. The standard InChI is InChI=1S/C15H18N2O5/c18-14(19)11-3-5-17(6-4-11)15(20)16-8-10-1-2-12-13(7-10)22-9-21-12/h1-2,7,11H,3-6,8-9H2,(H,16,20)(H,18,19). The highest BCUT2D eigenvalue weighted by molar-refractivity contribution is 5.75. The molecule has 1 aromatic carbocycles. The lowest BCUT2D eigenvalue weighted by atomic mass is 9.97. The smallest absolute Gasteiger partial charge is 0.317 e. The highest BCUT2D eigenvalue weighted by Gasteiger charge is 2.26. The maximum absolute atomic E-state index is 12.1. The zero-order valence-electron chi connectivity index (χ0n) is 12.1. The minimum Gasteiger partial charge on any atom is -0.481 e. The fourth-order valence-electron chi connectivity index (χ4n) is 2.67. The first-order valence-electron chi connectivity index (χ1n) is 7.27. The first-order valence-corrected chi connectivity index (χ1v) is 7.27. The van der Waals surface area contributed by atoms with Crippen LogP contribution in [-0.4, -0.2) is 41.9 Å².